The highest BCUT2D eigenvalue weighted by Gasteiger charge is 2.31. The summed E-state index contributed by atoms with van der Waals surface area (Å²) in [5.74, 6) is 1.63. The standard InChI is InChI=1S/C17H35N5/c1-14(2)22-12-15(3)16(13-22)20-17(18-4)19-8-11-21-9-6-5-7-10-21/h14-16H,5-13H2,1-4H3,(H2,18,19,20). The summed E-state index contributed by atoms with van der Waals surface area (Å²) in [6.07, 6.45) is 4.12. The van der Waals surface area contributed by atoms with E-state index in [1.54, 1.807) is 0 Å². The lowest BCUT2D eigenvalue weighted by atomic mass is 10.1. The number of guanidine groups is 1. The number of hydrogen-bond donors (Lipinski definition) is 2. The predicted molar refractivity (Wildman–Crippen MR) is 94.4 cm³/mol. The van der Waals surface area contributed by atoms with Gasteiger partial charge in [0.2, 0.25) is 0 Å². The molecule has 0 radical (unpaired) electrons. The van der Waals surface area contributed by atoms with E-state index < -0.39 is 0 Å². The fourth-order valence-corrected chi connectivity index (χ4v) is 3.50. The zero-order valence-corrected chi connectivity index (χ0v) is 14.9. The van der Waals surface area contributed by atoms with Crippen LogP contribution in [0.25, 0.3) is 0 Å². The topological polar surface area (TPSA) is 42.9 Å². The molecule has 0 aromatic rings. The maximum Gasteiger partial charge on any atom is 0.191 e. The lowest BCUT2D eigenvalue weighted by Crippen LogP contribution is -2.48. The third-order valence-electron chi connectivity index (χ3n) is 5.09. The summed E-state index contributed by atoms with van der Waals surface area (Å²) in [7, 11) is 1.87. The van der Waals surface area contributed by atoms with Crippen LogP contribution >= 0.6 is 0 Å². The third kappa shape index (κ3) is 5.13. The number of nitrogens with zero attached hydrogens (tertiary/aromatic N) is 3. The zero-order valence-electron chi connectivity index (χ0n) is 14.9. The summed E-state index contributed by atoms with van der Waals surface area (Å²) in [6.45, 7) is 13.8. The first-order chi connectivity index (χ1) is 10.6. The van der Waals surface area contributed by atoms with Crippen LogP contribution in [0.5, 0.6) is 0 Å². The van der Waals surface area contributed by atoms with Crippen molar-refractivity contribution in [3.05, 3.63) is 0 Å². The van der Waals surface area contributed by atoms with Gasteiger partial charge in [0, 0.05) is 45.3 Å². The summed E-state index contributed by atoms with van der Waals surface area (Å²) < 4.78 is 0. The minimum absolute atomic E-state index is 0.503. The van der Waals surface area contributed by atoms with Crippen molar-refractivity contribution in [2.24, 2.45) is 10.9 Å². The molecule has 2 fully saturated rings. The number of hydrogen-bond acceptors (Lipinski definition) is 3. The van der Waals surface area contributed by atoms with Crippen LogP contribution in [-0.4, -0.2) is 74.2 Å². The summed E-state index contributed by atoms with van der Waals surface area (Å²) in [5, 5.41) is 7.10. The molecule has 0 amide bonds. The number of aliphatic imine (C=N–C) groups is 1. The minimum Gasteiger partial charge on any atom is -0.355 e. The Morgan fingerprint density at radius 3 is 2.50 bits per heavy atom. The van der Waals surface area contributed by atoms with Gasteiger partial charge < -0.3 is 15.5 Å². The Morgan fingerprint density at radius 2 is 1.91 bits per heavy atom. The van der Waals surface area contributed by atoms with E-state index in [1.165, 1.54) is 38.9 Å². The highest BCUT2D eigenvalue weighted by atomic mass is 15.3. The smallest absolute Gasteiger partial charge is 0.191 e. The van der Waals surface area contributed by atoms with Crippen molar-refractivity contribution >= 4 is 5.96 Å². The molecule has 2 heterocycles. The largest absolute Gasteiger partial charge is 0.355 e. The Bertz CT molecular complexity index is 349. The molecule has 2 atom stereocenters. The van der Waals surface area contributed by atoms with Crippen molar-refractivity contribution < 1.29 is 0 Å². The molecule has 2 rings (SSSR count). The molecule has 0 aromatic carbocycles. The van der Waals surface area contributed by atoms with Gasteiger partial charge in [0.05, 0.1) is 0 Å². The summed E-state index contributed by atoms with van der Waals surface area (Å²) in [6, 6.07) is 1.13. The SMILES string of the molecule is CN=C(NCCN1CCCCC1)NC1CN(C(C)C)CC1C. The van der Waals surface area contributed by atoms with E-state index in [-0.39, 0.29) is 0 Å². The molecule has 0 saturated carbocycles. The van der Waals surface area contributed by atoms with Gasteiger partial charge in [-0.3, -0.25) is 9.89 Å². The molecule has 5 nitrogen and oxygen atoms in total. The van der Waals surface area contributed by atoms with Gasteiger partial charge in [0.1, 0.15) is 0 Å². The van der Waals surface area contributed by atoms with Crippen LogP contribution in [0.15, 0.2) is 4.99 Å². The predicted octanol–water partition coefficient (Wildman–Crippen LogP) is 1.37. The van der Waals surface area contributed by atoms with Gasteiger partial charge in [-0.25, -0.2) is 0 Å². The minimum atomic E-state index is 0.503. The lowest BCUT2D eigenvalue weighted by Gasteiger charge is -2.27. The molecule has 0 aliphatic carbocycles. The number of piperidine rings is 1. The number of nitrogens with one attached hydrogen (secondary N) is 2. The van der Waals surface area contributed by atoms with E-state index in [0.29, 0.717) is 18.0 Å². The Hall–Kier alpha value is -0.810. The first-order valence-electron chi connectivity index (χ1n) is 9.03. The van der Waals surface area contributed by atoms with Crippen molar-refractivity contribution in [2.45, 2.75) is 52.1 Å². The zero-order chi connectivity index (χ0) is 15.9. The molecule has 0 bridgehead atoms. The van der Waals surface area contributed by atoms with Crippen LogP contribution in [0, 0.1) is 5.92 Å². The van der Waals surface area contributed by atoms with E-state index in [4.69, 9.17) is 0 Å². The van der Waals surface area contributed by atoms with Crippen LogP contribution in [0.1, 0.15) is 40.0 Å². The fourth-order valence-electron chi connectivity index (χ4n) is 3.50. The van der Waals surface area contributed by atoms with Crippen molar-refractivity contribution in [1.82, 2.24) is 20.4 Å². The van der Waals surface area contributed by atoms with Crippen LogP contribution in [-0.2, 0) is 0 Å². The van der Waals surface area contributed by atoms with Gasteiger partial charge in [-0.05, 0) is 45.7 Å². The fraction of sp³-hybridized carbons (Fsp3) is 0.941. The summed E-state index contributed by atoms with van der Waals surface area (Å²) in [5.41, 5.74) is 0. The van der Waals surface area contributed by atoms with Crippen LogP contribution in [0.4, 0.5) is 0 Å². The second-order valence-electron chi connectivity index (χ2n) is 7.18. The molecule has 2 aliphatic rings. The molecule has 2 unspecified atom stereocenters. The Kier molecular flexibility index (Phi) is 6.96. The molecule has 22 heavy (non-hydrogen) atoms. The van der Waals surface area contributed by atoms with Gasteiger partial charge in [0.25, 0.3) is 0 Å². The lowest BCUT2D eigenvalue weighted by molar-refractivity contribution is 0.232. The van der Waals surface area contributed by atoms with Crippen LogP contribution < -0.4 is 10.6 Å². The van der Waals surface area contributed by atoms with Gasteiger partial charge >= 0.3 is 0 Å². The summed E-state index contributed by atoms with van der Waals surface area (Å²) >= 11 is 0. The molecular weight excluding hydrogens is 274 g/mol. The van der Waals surface area contributed by atoms with Crippen molar-refractivity contribution in [3.63, 3.8) is 0 Å². The first-order valence-corrected chi connectivity index (χ1v) is 9.03. The van der Waals surface area contributed by atoms with Gasteiger partial charge in [0.15, 0.2) is 5.96 Å². The number of likely N-dealkylation sites (tertiary alicyclic amines) is 2. The Labute approximate surface area is 136 Å². The second kappa shape index (κ2) is 8.73. The molecule has 0 aromatic heterocycles. The van der Waals surface area contributed by atoms with E-state index in [2.05, 4.69) is 46.2 Å². The average molecular weight is 310 g/mol. The maximum atomic E-state index is 4.40. The van der Waals surface area contributed by atoms with E-state index in [9.17, 15) is 0 Å². The second-order valence-corrected chi connectivity index (χ2v) is 7.18. The van der Waals surface area contributed by atoms with Crippen molar-refractivity contribution in [1.29, 1.82) is 0 Å². The van der Waals surface area contributed by atoms with Gasteiger partial charge in [-0.15, -0.1) is 0 Å². The maximum absolute atomic E-state index is 4.40. The van der Waals surface area contributed by atoms with Gasteiger partial charge in [-0.1, -0.05) is 13.3 Å². The molecule has 5 heteroatoms. The quantitative estimate of drug-likeness (QED) is 0.594. The Balaban J connectivity index is 1.70. The summed E-state index contributed by atoms with van der Waals surface area (Å²) in [4.78, 5) is 9.50. The molecule has 2 saturated heterocycles. The monoisotopic (exact) mass is 309 g/mol. The molecular formula is C17H35N5. The van der Waals surface area contributed by atoms with Crippen molar-refractivity contribution in [3.8, 4) is 0 Å². The average Bonchev–Trinajstić information content (AvgIpc) is 2.88. The van der Waals surface area contributed by atoms with Crippen LogP contribution in [0.2, 0.25) is 0 Å². The van der Waals surface area contributed by atoms with Crippen LogP contribution in [0.3, 0.4) is 0 Å². The molecule has 128 valence electrons. The van der Waals surface area contributed by atoms with Crippen molar-refractivity contribution in [2.75, 3.05) is 46.3 Å². The highest BCUT2D eigenvalue weighted by molar-refractivity contribution is 5.80. The van der Waals surface area contributed by atoms with Gasteiger partial charge in [-0.2, -0.15) is 0 Å². The molecule has 2 N–H and O–H groups in total. The first kappa shape index (κ1) is 17.5. The highest BCUT2D eigenvalue weighted by Crippen LogP contribution is 2.18. The normalized spacial score (nSPS) is 28.3. The van der Waals surface area contributed by atoms with E-state index in [0.717, 1.165) is 25.6 Å². The molecule has 2 aliphatic heterocycles. The van der Waals surface area contributed by atoms with E-state index in [1.807, 2.05) is 7.05 Å². The third-order valence-corrected chi connectivity index (χ3v) is 5.09. The molecule has 0 spiro atoms. The number of rotatable bonds is 5. The van der Waals surface area contributed by atoms with E-state index >= 15 is 0 Å². The Morgan fingerprint density at radius 1 is 1.18 bits per heavy atom.